The summed E-state index contributed by atoms with van der Waals surface area (Å²) in [6.07, 6.45) is 5.22. The largest absolute Gasteiger partial charge is 0.378 e. The smallest absolute Gasteiger partial charge is 0.224 e. The van der Waals surface area contributed by atoms with Gasteiger partial charge in [-0.25, -0.2) is 0 Å². The number of nitrogens with zero attached hydrogens (tertiary/aromatic N) is 1. The summed E-state index contributed by atoms with van der Waals surface area (Å²) in [5.74, 6) is 0.321. The molecular formula is C12H23NO2. The van der Waals surface area contributed by atoms with Crippen LogP contribution in [0.1, 0.15) is 39.5 Å². The van der Waals surface area contributed by atoms with Gasteiger partial charge in [-0.15, -0.1) is 0 Å². The molecule has 15 heavy (non-hydrogen) atoms. The Morgan fingerprint density at radius 2 is 2.13 bits per heavy atom. The molecule has 0 aromatic heterocycles. The highest BCUT2D eigenvalue weighted by atomic mass is 16.5. The van der Waals surface area contributed by atoms with E-state index in [9.17, 15) is 4.79 Å². The van der Waals surface area contributed by atoms with Crippen molar-refractivity contribution in [2.75, 3.05) is 20.2 Å². The zero-order valence-electron chi connectivity index (χ0n) is 10.2. The monoisotopic (exact) mass is 213 g/mol. The van der Waals surface area contributed by atoms with E-state index in [2.05, 4.69) is 0 Å². The molecule has 0 atom stereocenters. The van der Waals surface area contributed by atoms with Crippen LogP contribution < -0.4 is 0 Å². The van der Waals surface area contributed by atoms with Crippen LogP contribution in [0.2, 0.25) is 0 Å². The van der Waals surface area contributed by atoms with Crippen LogP contribution in [0.4, 0.5) is 0 Å². The molecule has 0 aromatic rings. The van der Waals surface area contributed by atoms with Crippen molar-refractivity contribution in [1.82, 2.24) is 4.90 Å². The molecule has 0 bridgehead atoms. The van der Waals surface area contributed by atoms with E-state index < -0.39 is 0 Å². The fourth-order valence-corrected chi connectivity index (χ4v) is 1.64. The molecule has 0 N–H and O–H groups in total. The summed E-state index contributed by atoms with van der Waals surface area (Å²) in [4.78, 5) is 13.3. The third-order valence-corrected chi connectivity index (χ3v) is 2.91. The normalized spacial score (nSPS) is 16.5. The van der Waals surface area contributed by atoms with E-state index in [1.165, 1.54) is 19.3 Å². The second kappa shape index (κ2) is 6.11. The van der Waals surface area contributed by atoms with Gasteiger partial charge in [-0.1, -0.05) is 13.8 Å². The van der Waals surface area contributed by atoms with Crippen molar-refractivity contribution in [3.05, 3.63) is 0 Å². The third-order valence-electron chi connectivity index (χ3n) is 2.91. The van der Waals surface area contributed by atoms with E-state index in [1.54, 1.807) is 4.90 Å². The molecule has 3 nitrogen and oxygen atoms in total. The summed E-state index contributed by atoms with van der Waals surface area (Å²) in [5, 5.41) is 0. The molecule has 1 aliphatic carbocycles. The predicted octanol–water partition coefficient (Wildman–Crippen LogP) is 2.06. The highest BCUT2D eigenvalue weighted by molar-refractivity contribution is 5.77. The van der Waals surface area contributed by atoms with Crippen molar-refractivity contribution < 1.29 is 9.53 Å². The first kappa shape index (κ1) is 12.5. The quantitative estimate of drug-likeness (QED) is 0.632. The molecule has 0 saturated heterocycles. The molecular weight excluding hydrogens is 190 g/mol. The maximum absolute atomic E-state index is 11.5. The summed E-state index contributed by atoms with van der Waals surface area (Å²) in [7, 11) is 1.87. The first-order chi connectivity index (χ1) is 7.11. The molecule has 0 spiro atoms. The van der Waals surface area contributed by atoms with Crippen molar-refractivity contribution in [3.8, 4) is 0 Å². The van der Waals surface area contributed by atoms with Gasteiger partial charge in [0.2, 0.25) is 5.91 Å². The Bertz CT molecular complexity index is 200. The summed E-state index contributed by atoms with van der Waals surface area (Å²) in [5.41, 5.74) is 0. The van der Waals surface area contributed by atoms with E-state index in [0.29, 0.717) is 6.10 Å². The number of ether oxygens (including phenoxy) is 1. The van der Waals surface area contributed by atoms with Crippen LogP contribution >= 0.6 is 0 Å². The second-order valence-electron chi connectivity index (χ2n) is 4.69. The van der Waals surface area contributed by atoms with Crippen LogP contribution in [0, 0.1) is 5.92 Å². The van der Waals surface area contributed by atoms with Crippen LogP contribution in [0.25, 0.3) is 0 Å². The lowest BCUT2D eigenvalue weighted by molar-refractivity contribution is -0.133. The van der Waals surface area contributed by atoms with E-state index in [1.807, 2.05) is 20.9 Å². The molecule has 88 valence electrons. The molecule has 0 aromatic carbocycles. The molecule has 0 aliphatic heterocycles. The van der Waals surface area contributed by atoms with Crippen molar-refractivity contribution in [2.24, 2.45) is 5.92 Å². The van der Waals surface area contributed by atoms with Gasteiger partial charge in [-0.2, -0.15) is 0 Å². The van der Waals surface area contributed by atoms with Gasteiger partial charge in [-0.05, 0) is 25.7 Å². The van der Waals surface area contributed by atoms with Gasteiger partial charge >= 0.3 is 0 Å². The Morgan fingerprint density at radius 3 is 2.60 bits per heavy atom. The van der Waals surface area contributed by atoms with Gasteiger partial charge in [0.15, 0.2) is 0 Å². The van der Waals surface area contributed by atoms with E-state index in [0.717, 1.165) is 19.6 Å². The number of amides is 1. The summed E-state index contributed by atoms with van der Waals surface area (Å²) < 4.78 is 5.63. The number of rotatable bonds is 6. The van der Waals surface area contributed by atoms with Crippen molar-refractivity contribution in [2.45, 2.75) is 45.6 Å². The Kier molecular flexibility index (Phi) is 5.09. The van der Waals surface area contributed by atoms with E-state index >= 15 is 0 Å². The average Bonchev–Trinajstić information content (AvgIpc) is 2.13. The Balaban J connectivity index is 2.00. The fraction of sp³-hybridized carbons (Fsp3) is 0.917. The first-order valence-electron chi connectivity index (χ1n) is 5.98. The topological polar surface area (TPSA) is 29.5 Å². The summed E-state index contributed by atoms with van der Waals surface area (Å²) in [6, 6.07) is 0. The van der Waals surface area contributed by atoms with Gasteiger partial charge < -0.3 is 9.64 Å². The molecule has 3 heteroatoms. The van der Waals surface area contributed by atoms with Crippen molar-refractivity contribution >= 4 is 5.91 Å². The van der Waals surface area contributed by atoms with Gasteiger partial charge in [0.05, 0.1) is 6.10 Å². The molecule has 1 amide bonds. The molecule has 1 saturated carbocycles. The highest BCUT2D eigenvalue weighted by Crippen LogP contribution is 2.21. The van der Waals surface area contributed by atoms with Crippen LogP contribution in [0.5, 0.6) is 0 Å². The van der Waals surface area contributed by atoms with Gasteiger partial charge in [0.1, 0.15) is 0 Å². The molecule has 1 aliphatic rings. The highest BCUT2D eigenvalue weighted by Gasteiger charge is 2.17. The predicted molar refractivity (Wildman–Crippen MR) is 60.7 cm³/mol. The average molecular weight is 213 g/mol. The summed E-state index contributed by atoms with van der Waals surface area (Å²) in [6.45, 7) is 5.47. The fourth-order valence-electron chi connectivity index (χ4n) is 1.64. The van der Waals surface area contributed by atoms with E-state index in [4.69, 9.17) is 4.74 Å². The molecule has 0 unspecified atom stereocenters. The maximum Gasteiger partial charge on any atom is 0.224 e. The lowest BCUT2D eigenvalue weighted by Gasteiger charge is -2.26. The minimum Gasteiger partial charge on any atom is -0.378 e. The van der Waals surface area contributed by atoms with Crippen molar-refractivity contribution in [3.63, 3.8) is 0 Å². The third kappa shape index (κ3) is 4.20. The number of carbonyl (C=O) groups excluding carboxylic acids is 1. The minimum absolute atomic E-state index is 0.0996. The standard InChI is InChI=1S/C12H23NO2/c1-10(2)12(14)13(3)8-5-9-15-11-6-4-7-11/h10-11H,4-9H2,1-3H3. The zero-order chi connectivity index (χ0) is 11.3. The van der Waals surface area contributed by atoms with Crippen LogP contribution in [0.3, 0.4) is 0 Å². The Labute approximate surface area is 92.8 Å². The van der Waals surface area contributed by atoms with Crippen LogP contribution in [0.15, 0.2) is 0 Å². The lowest BCUT2D eigenvalue weighted by Crippen LogP contribution is -2.32. The Hall–Kier alpha value is -0.570. The Morgan fingerprint density at radius 1 is 1.47 bits per heavy atom. The van der Waals surface area contributed by atoms with Gasteiger partial charge in [0, 0.05) is 26.1 Å². The second-order valence-corrected chi connectivity index (χ2v) is 4.69. The molecule has 1 rings (SSSR count). The zero-order valence-corrected chi connectivity index (χ0v) is 10.2. The number of carbonyl (C=O) groups is 1. The lowest BCUT2D eigenvalue weighted by atomic mass is 9.96. The van der Waals surface area contributed by atoms with E-state index in [-0.39, 0.29) is 11.8 Å². The van der Waals surface area contributed by atoms with Crippen LogP contribution in [-0.2, 0) is 9.53 Å². The minimum atomic E-state index is 0.0996. The van der Waals surface area contributed by atoms with Crippen molar-refractivity contribution in [1.29, 1.82) is 0 Å². The first-order valence-corrected chi connectivity index (χ1v) is 5.98. The van der Waals surface area contributed by atoms with Gasteiger partial charge in [-0.3, -0.25) is 4.79 Å². The number of hydrogen-bond acceptors (Lipinski definition) is 2. The molecule has 0 heterocycles. The SMILES string of the molecule is CC(C)C(=O)N(C)CCCOC1CCC1. The number of hydrogen-bond donors (Lipinski definition) is 0. The molecule has 0 radical (unpaired) electrons. The van der Waals surface area contributed by atoms with Crippen LogP contribution in [-0.4, -0.2) is 37.1 Å². The maximum atomic E-state index is 11.5. The summed E-state index contributed by atoms with van der Waals surface area (Å²) >= 11 is 0. The molecule has 1 fully saturated rings. The van der Waals surface area contributed by atoms with Gasteiger partial charge in [0.25, 0.3) is 0 Å².